The van der Waals surface area contributed by atoms with Crippen LogP contribution in [-0.2, 0) is 6.18 Å². The van der Waals surface area contributed by atoms with Crippen molar-refractivity contribution in [1.82, 2.24) is 0 Å². The van der Waals surface area contributed by atoms with E-state index in [9.17, 15) is 17.6 Å². The minimum absolute atomic E-state index is 0.141. The molecule has 0 aliphatic carbocycles. The maximum atomic E-state index is 12.8. The van der Waals surface area contributed by atoms with Crippen molar-refractivity contribution in [1.29, 1.82) is 0 Å². The van der Waals surface area contributed by atoms with Crippen molar-refractivity contribution in [2.45, 2.75) is 6.18 Å². The van der Waals surface area contributed by atoms with Crippen LogP contribution in [0.5, 0.6) is 0 Å². The first-order valence-corrected chi connectivity index (χ1v) is 4.50. The summed E-state index contributed by atoms with van der Waals surface area (Å²) in [5, 5.41) is -0.515. The van der Waals surface area contributed by atoms with Crippen LogP contribution in [0.25, 0.3) is 0 Å². The molecule has 72 valence electrons. The first-order chi connectivity index (χ1) is 5.82. The van der Waals surface area contributed by atoms with E-state index in [4.69, 9.17) is 11.6 Å². The van der Waals surface area contributed by atoms with Crippen LogP contribution in [0.3, 0.4) is 0 Å². The molecule has 1 aromatic carbocycles. The van der Waals surface area contributed by atoms with Gasteiger partial charge in [-0.2, -0.15) is 13.2 Å². The minimum atomic E-state index is -4.49. The molecule has 0 unspecified atom stereocenters. The molecule has 0 aliphatic rings. The fourth-order valence-electron chi connectivity index (χ4n) is 0.719. The van der Waals surface area contributed by atoms with Gasteiger partial charge in [0.25, 0.3) is 0 Å². The summed E-state index contributed by atoms with van der Waals surface area (Å²) in [6.07, 6.45) is -4.49. The van der Waals surface area contributed by atoms with Gasteiger partial charge in [0.15, 0.2) is 5.82 Å². The highest BCUT2D eigenvalue weighted by molar-refractivity contribution is 14.1. The molecule has 0 aliphatic heterocycles. The van der Waals surface area contributed by atoms with E-state index in [1.165, 1.54) is 22.6 Å². The Hall–Kier alpha value is -0.0400. The summed E-state index contributed by atoms with van der Waals surface area (Å²) in [6, 6.07) is 1.28. The van der Waals surface area contributed by atoms with Crippen LogP contribution in [-0.4, -0.2) is 0 Å². The van der Waals surface area contributed by atoms with E-state index in [2.05, 4.69) is 0 Å². The zero-order chi connectivity index (χ0) is 10.2. The van der Waals surface area contributed by atoms with Gasteiger partial charge < -0.3 is 0 Å². The van der Waals surface area contributed by atoms with Gasteiger partial charge in [-0.3, -0.25) is 0 Å². The minimum Gasteiger partial charge on any atom is -0.204 e. The van der Waals surface area contributed by atoms with Crippen molar-refractivity contribution in [2.75, 3.05) is 0 Å². The molecule has 0 bridgehead atoms. The molecule has 0 saturated heterocycles. The summed E-state index contributed by atoms with van der Waals surface area (Å²) in [5.74, 6) is -0.824. The number of alkyl halides is 3. The number of hydrogen-bond donors (Lipinski definition) is 0. The second-order valence-electron chi connectivity index (χ2n) is 2.25. The fraction of sp³-hybridized carbons (Fsp3) is 0.143. The smallest absolute Gasteiger partial charge is 0.204 e. The predicted octanol–water partition coefficient (Wildman–Crippen LogP) is 4.10. The first-order valence-electron chi connectivity index (χ1n) is 3.04. The molecule has 1 rings (SSSR count). The molecular formula is C7H2ClF4I. The van der Waals surface area contributed by atoms with Gasteiger partial charge in [-0.25, -0.2) is 4.39 Å². The summed E-state index contributed by atoms with van der Waals surface area (Å²) in [6.45, 7) is 0. The first kappa shape index (κ1) is 11.0. The van der Waals surface area contributed by atoms with Crippen molar-refractivity contribution in [3.8, 4) is 0 Å². The Bertz CT molecular complexity index is 311. The maximum Gasteiger partial charge on any atom is 0.416 e. The van der Waals surface area contributed by atoms with Crippen LogP contribution >= 0.6 is 34.2 Å². The maximum absolute atomic E-state index is 12.8. The molecule has 0 atom stereocenters. The second-order valence-corrected chi connectivity index (χ2v) is 3.82. The number of hydrogen-bond acceptors (Lipinski definition) is 0. The van der Waals surface area contributed by atoms with Crippen LogP contribution in [0.15, 0.2) is 12.1 Å². The van der Waals surface area contributed by atoms with Gasteiger partial charge in [0.05, 0.1) is 14.2 Å². The van der Waals surface area contributed by atoms with Crippen LogP contribution in [0.4, 0.5) is 17.6 Å². The van der Waals surface area contributed by atoms with Gasteiger partial charge >= 0.3 is 6.18 Å². The van der Waals surface area contributed by atoms with E-state index in [-0.39, 0.29) is 3.57 Å². The Kier molecular flexibility index (Phi) is 3.06. The Labute approximate surface area is 90.0 Å². The average molecular weight is 324 g/mol. The Morgan fingerprint density at radius 1 is 1.23 bits per heavy atom. The molecule has 0 nitrogen and oxygen atoms in total. The van der Waals surface area contributed by atoms with Crippen LogP contribution in [0, 0.1) is 9.39 Å². The molecule has 0 radical (unpaired) electrons. The van der Waals surface area contributed by atoms with Gasteiger partial charge in [0.2, 0.25) is 0 Å². The monoisotopic (exact) mass is 324 g/mol. The average Bonchev–Trinajstić information content (AvgIpc) is 1.97. The molecule has 1 aromatic rings. The molecule has 0 heterocycles. The second kappa shape index (κ2) is 3.61. The fourth-order valence-corrected chi connectivity index (χ4v) is 1.72. The van der Waals surface area contributed by atoms with Crippen molar-refractivity contribution in [2.24, 2.45) is 0 Å². The molecule has 13 heavy (non-hydrogen) atoms. The summed E-state index contributed by atoms with van der Waals surface area (Å²) in [7, 11) is 0. The number of rotatable bonds is 0. The molecule has 0 spiro atoms. The predicted molar refractivity (Wildman–Crippen MR) is 49.1 cm³/mol. The lowest BCUT2D eigenvalue weighted by molar-refractivity contribution is -0.137. The van der Waals surface area contributed by atoms with E-state index in [1.54, 1.807) is 0 Å². The van der Waals surface area contributed by atoms with Crippen molar-refractivity contribution >= 4 is 34.2 Å². The molecule has 0 amide bonds. The molecule has 0 N–H and O–H groups in total. The third kappa shape index (κ3) is 2.46. The van der Waals surface area contributed by atoms with E-state index >= 15 is 0 Å². The quantitative estimate of drug-likeness (QED) is 0.383. The normalized spacial score (nSPS) is 11.8. The summed E-state index contributed by atoms with van der Waals surface area (Å²) in [4.78, 5) is 0. The summed E-state index contributed by atoms with van der Waals surface area (Å²) >= 11 is 6.70. The highest BCUT2D eigenvalue weighted by atomic mass is 127. The van der Waals surface area contributed by atoms with Crippen molar-refractivity contribution in [3.63, 3.8) is 0 Å². The molecule has 0 fully saturated rings. The summed E-state index contributed by atoms with van der Waals surface area (Å²) in [5.41, 5.74) is -0.941. The Balaban J connectivity index is 3.29. The van der Waals surface area contributed by atoms with E-state index < -0.39 is 22.6 Å². The largest absolute Gasteiger partial charge is 0.416 e. The van der Waals surface area contributed by atoms with Crippen molar-refractivity contribution < 1.29 is 17.6 Å². The topological polar surface area (TPSA) is 0 Å². The van der Waals surface area contributed by atoms with E-state index in [0.717, 1.165) is 0 Å². The van der Waals surface area contributed by atoms with Gasteiger partial charge in [-0.1, -0.05) is 11.6 Å². The zero-order valence-electron chi connectivity index (χ0n) is 5.92. The van der Waals surface area contributed by atoms with Crippen LogP contribution < -0.4 is 0 Å². The van der Waals surface area contributed by atoms with Gasteiger partial charge in [-0.05, 0) is 34.7 Å². The SMILES string of the molecule is Fc1c(Cl)cc(C(F)(F)F)cc1I. The Morgan fingerprint density at radius 2 is 1.77 bits per heavy atom. The standard InChI is InChI=1S/C7H2ClF4I/c8-4-1-3(7(10,11)12)2-5(13)6(4)9/h1-2H. The molecule has 0 saturated carbocycles. The zero-order valence-corrected chi connectivity index (χ0v) is 8.84. The van der Waals surface area contributed by atoms with Gasteiger partial charge in [0.1, 0.15) is 0 Å². The van der Waals surface area contributed by atoms with Gasteiger partial charge in [0, 0.05) is 0 Å². The lowest BCUT2D eigenvalue weighted by Crippen LogP contribution is -2.06. The van der Waals surface area contributed by atoms with Crippen LogP contribution in [0.1, 0.15) is 5.56 Å². The van der Waals surface area contributed by atoms with E-state index in [0.29, 0.717) is 12.1 Å². The number of benzene rings is 1. The molecular weight excluding hydrogens is 322 g/mol. The number of halogens is 6. The van der Waals surface area contributed by atoms with E-state index in [1.807, 2.05) is 0 Å². The van der Waals surface area contributed by atoms with Crippen molar-refractivity contribution in [3.05, 3.63) is 32.1 Å². The highest BCUT2D eigenvalue weighted by Gasteiger charge is 2.31. The third-order valence-corrected chi connectivity index (χ3v) is 2.37. The van der Waals surface area contributed by atoms with Gasteiger partial charge in [-0.15, -0.1) is 0 Å². The lowest BCUT2D eigenvalue weighted by Gasteiger charge is -2.08. The third-order valence-electron chi connectivity index (χ3n) is 1.31. The van der Waals surface area contributed by atoms with Crippen LogP contribution in [0.2, 0.25) is 5.02 Å². The highest BCUT2D eigenvalue weighted by Crippen LogP contribution is 2.33. The molecule has 0 aromatic heterocycles. The summed E-state index contributed by atoms with van der Waals surface area (Å²) < 4.78 is 48.9. The lowest BCUT2D eigenvalue weighted by atomic mass is 10.2. The molecule has 6 heteroatoms. The Morgan fingerprint density at radius 3 is 2.15 bits per heavy atom.